The van der Waals surface area contributed by atoms with E-state index < -0.39 is 11.9 Å². The van der Waals surface area contributed by atoms with Gasteiger partial charge in [0.25, 0.3) is 0 Å². The number of rotatable bonds is 7. The number of urea groups is 1. The van der Waals surface area contributed by atoms with Crippen molar-refractivity contribution in [2.75, 3.05) is 13.1 Å². The molecule has 8 nitrogen and oxygen atoms in total. The van der Waals surface area contributed by atoms with Crippen molar-refractivity contribution in [3.63, 3.8) is 0 Å². The van der Waals surface area contributed by atoms with Gasteiger partial charge in [-0.1, -0.05) is 19.1 Å². The first-order valence-electron chi connectivity index (χ1n) is 6.33. The van der Waals surface area contributed by atoms with Crippen LogP contribution in [0.2, 0.25) is 0 Å². The van der Waals surface area contributed by atoms with E-state index in [2.05, 4.69) is 26.3 Å². The van der Waals surface area contributed by atoms with Crippen LogP contribution in [0.4, 0.5) is 4.79 Å². The van der Waals surface area contributed by atoms with Crippen LogP contribution in [0.25, 0.3) is 0 Å². The number of aromatic nitrogens is 3. The number of nitrogens with one attached hydrogen (secondary N) is 3. The summed E-state index contributed by atoms with van der Waals surface area (Å²) in [6.45, 7) is 5.88. The molecule has 0 bridgehead atoms. The Kier molecular flexibility index (Phi) is 6.51. The van der Waals surface area contributed by atoms with Crippen molar-refractivity contribution < 1.29 is 9.59 Å². The Morgan fingerprint density at radius 2 is 2.16 bits per heavy atom. The number of hydrogen-bond acceptors (Lipinski definition) is 5. The lowest BCUT2D eigenvalue weighted by Crippen LogP contribution is -2.41. The van der Waals surface area contributed by atoms with Gasteiger partial charge in [-0.3, -0.25) is 10.1 Å². The summed E-state index contributed by atoms with van der Waals surface area (Å²) in [6.07, 6.45) is 2.49. The lowest BCUT2D eigenvalue weighted by atomic mass is 10.4. The van der Waals surface area contributed by atoms with Gasteiger partial charge in [-0.05, 0) is 13.0 Å². The molecule has 0 aromatic carbocycles. The smallest absolute Gasteiger partial charge is 0.321 e. The van der Waals surface area contributed by atoms with Crippen LogP contribution in [0.15, 0.2) is 6.20 Å². The highest BCUT2D eigenvalue weighted by atomic mass is 16.2. The second-order valence-corrected chi connectivity index (χ2v) is 3.99. The number of carbonyl (C=O) groups excluding carboxylic acids is 2. The van der Waals surface area contributed by atoms with E-state index in [0.29, 0.717) is 13.1 Å². The molecule has 1 rings (SSSR count). The van der Waals surface area contributed by atoms with Crippen molar-refractivity contribution in [1.82, 2.24) is 30.9 Å². The lowest BCUT2D eigenvalue weighted by molar-refractivity contribution is -0.120. The van der Waals surface area contributed by atoms with Crippen LogP contribution in [0.1, 0.15) is 26.0 Å². The lowest BCUT2D eigenvalue weighted by Gasteiger charge is -2.04. The Labute approximate surface area is 111 Å². The molecule has 1 heterocycles. The molecule has 0 aliphatic carbocycles. The van der Waals surface area contributed by atoms with Crippen molar-refractivity contribution in [1.29, 1.82) is 0 Å². The number of hydrogen-bond donors (Lipinski definition) is 3. The summed E-state index contributed by atoms with van der Waals surface area (Å²) in [4.78, 5) is 22.8. The highest BCUT2D eigenvalue weighted by Crippen LogP contribution is 1.92. The Morgan fingerprint density at radius 3 is 2.84 bits per heavy atom. The van der Waals surface area contributed by atoms with E-state index in [4.69, 9.17) is 0 Å². The number of carbonyl (C=O) groups is 2. The van der Waals surface area contributed by atoms with Crippen LogP contribution in [0.5, 0.6) is 0 Å². The predicted molar refractivity (Wildman–Crippen MR) is 69.2 cm³/mol. The predicted octanol–water partition coefficient (Wildman–Crippen LogP) is -0.377. The third kappa shape index (κ3) is 5.96. The van der Waals surface area contributed by atoms with Gasteiger partial charge in [-0.25, -0.2) is 9.48 Å². The molecule has 0 spiro atoms. The Morgan fingerprint density at radius 1 is 1.37 bits per heavy atom. The molecule has 106 valence electrons. The molecule has 19 heavy (non-hydrogen) atoms. The SMILES string of the molecule is CCCNC(=O)NC(=O)Cn1cc(CNCC)nn1. The summed E-state index contributed by atoms with van der Waals surface area (Å²) in [5.41, 5.74) is 0.755. The molecule has 0 aliphatic heterocycles. The molecule has 1 aromatic rings. The van der Waals surface area contributed by atoms with Crippen molar-refractivity contribution >= 4 is 11.9 Å². The molecule has 0 unspecified atom stereocenters. The zero-order chi connectivity index (χ0) is 14.1. The van der Waals surface area contributed by atoms with E-state index in [1.54, 1.807) is 6.20 Å². The van der Waals surface area contributed by atoms with Crippen LogP contribution in [0, 0.1) is 0 Å². The standard InChI is InChI=1S/C11H20N6O2/c1-3-5-13-11(19)14-10(18)8-17-7-9(15-16-17)6-12-4-2/h7,12H,3-6,8H2,1-2H3,(H2,13,14,18,19). The van der Waals surface area contributed by atoms with Crippen LogP contribution in [-0.4, -0.2) is 40.0 Å². The molecule has 0 saturated carbocycles. The molecule has 3 N–H and O–H groups in total. The summed E-state index contributed by atoms with van der Waals surface area (Å²) in [5, 5.41) is 15.6. The van der Waals surface area contributed by atoms with Crippen LogP contribution >= 0.6 is 0 Å². The molecule has 0 saturated heterocycles. The monoisotopic (exact) mass is 268 g/mol. The van der Waals surface area contributed by atoms with Gasteiger partial charge < -0.3 is 10.6 Å². The van der Waals surface area contributed by atoms with Gasteiger partial charge in [0, 0.05) is 13.1 Å². The molecule has 0 fully saturated rings. The summed E-state index contributed by atoms with van der Waals surface area (Å²) in [5.74, 6) is -0.423. The van der Waals surface area contributed by atoms with Crippen molar-refractivity contribution in [3.05, 3.63) is 11.9 Å². The second kappa shape index (κ2) is 8.20. The summed E-state index contributed by atoms with van der Waals surface area (Å²) >= 11 is 0. The average molecular weight is 268 g/mol. The minimum Gasteiger partial charge on any atom is -0.338 e. The summed E-state index contributed by atoms with van der Waals surface area (Å²) in [6, 6.07) is -0.486. The van der Waals surface area contributed by atoms with E-state index >= 15 is 0 Å². The molecule has 8 heteroatoms. The molecule has 0 aliphatic rings. The minimum absolute atomic E-state index is 0.0291. The normalized spacial score (nSPS) is 10.2. The summed E-state index contributed by atoms with van der Waals surface area (Å²) in [7, 11) is 0. The fourth-order valence-electron chi connectivity index (χ4n) is 1.35. The molecular weight excluding hydrogens is 248 g/mol. The first kappa shape index (κ1) is 15.1. The zero-order valence-corrected chi connectivity index (χ0v) is 11.3. The van der Waals surface area contributed by atoms with E-state index in [1.807, 2.05) is 13.8 Å². The Hall–Kier alpha value is -1.96. The van der Waals surface area contributed by atoms with Crippen LogP contribution in [0.3, 0.4) is 0 Å². The largest absolute Gasteiger partial charge is 0.338 e. The topological polar surface area (TPSA) is 101 Å². The summed E-state index contributed by atoms with van der Waals surface area (Å²) < 4.78 is 1.40. The maximum Gasteiger partial charge on any atom is 0.321 e. The van der Waals surface area contributed by atoms with Crippen LogP contribution in [-0.2, 0) is 17.9 Å². The van der Waals surface area contributed by atoms with Gasteiger partial charge >= 0.3 is 6.03 Å². The fraction of sp³-hybridized carbons (Fsp3) is 0.636. The highest BCUT2D eigenvalue weighted by Gasteiger charge is 2.09. The van der Waals surface area contributed by atoms with Crippen LogP contribution < -0.4 is 16.0 Å². The first-order valence-corrected chi connectivity index (χ1v) is 6.33. The number of imide groups is 1. The van der Waals surface area contributed by atoms with Gasteiger partial charge in [0.1, 0.15) is 6.54 Å². The van der Waals surface area contributed by atoms with E-state index in [1.165, 1.54) is 4.68 Å². The van der Waals surface area contributed by atoms with Gasteiger partial charge in [-0.15, -0.1) is 5.10 Å². The maximum absolute atomic E-state index is 11.5. The maximum atomic E-state index is 11.5. The number of amides is 3. The van der Waals surface area contributed by atoms with Gasteiger partial charge in [0.05, 0.1) is 11.9 Å². The van der Waals surface area contributed by atoms with E-state index in [-0.39, 0.29) is 6.54 Å². The van der Waals surface area contributed by atoms with Crippen molar-refractivity contribution in [3.8, 4) is 0 Å². The molecule has 0 atom stereocenters. The first-order chi connectivity index (χ1) is 9.15. The molecular formula is C11H20N6O2. The van der Waals surface area contributed by atoms with Crippen molar-refractivity contribution in [2.45, 2.75) is 33.4 Å². The number of nitrogens with zero attached hydrogens (tertiary/aromatic N) is 3. The Bertz CT molecular complexity index is 417. The van der Waals surface area contributed by atoms with Gasteiger partial charge in [0.2, 0.25) is 5.91 Å². The molecule has 3 amide bonds. The zero-order valence-electron chi connectivity index (χ0n) is 11.3. The Balaban J connectivity index is 2.35. The third-order valence-corrected chi connectivity index (χ3v) is 2.24. The van der Waals surface area contributed by atoms with E-state index in [9.17, 15) is 9.59 Å². The third-order valence-electron chi connectivity index (χ3n) is 2.24. The molecule has 0 radical (unpaired) electrons. The minimum atomic E-state index is -0.486. The van der Waals surface area contributed by atoms with Gasteiger partial charge in [0.15, 0.2) is 0 Å². The quantitative estimate of drug-likeness (QED) is 0.626. The second-order valence-electron chi connectivity index (χ2n) is 3.99. The van der Waals surface area contributed by atoms with Gasteiger partial charge in [-0.2, -0.15) is 0 Å². The average Bonchev–Trinajstić information content (AvgIpc) is 2.81. The fourth-order valence-corrected chi connectivity index (χ4v) is 1.35. The van der Waals surface area contributed by atoms with E-state index in [0.717, 1.165) is 18.7 Å². The highest BCUT2D eigenvalue weighted by molar-refractivity contribution is 5.94. The molecule has 1 aromatic heterocycles. The van der Waals surface area contributed by atoms with Crippen molar-refractivity contribution in [2.24, 2.45) is 0 Å².